The normalized spacial score (nSPS) is 20.2. The number of carbonyl (C=O) groups is 2. The first-order valence-corrected chi connectivity index (χ1v) is 9.95. The van der Waals surface area contributed by atoms with Crippen LogP contribution >= 0.6 is 0 Å². The molecule has 1 aromatic heterocycles. The number of hydrogen-bond donors (Lipinski definition) is 1. The topological polar surface area (TPSA) is 109 Å². The van der Waals surface area contributed by atoms with E-state index in [-0.39, 0.29) is 17.7 Å². The van der Waals surface area contributed by atoms with Crippen molar-refractivity contribution in [2.45, 2.75) is 52.6 Å². The summed E-state index contributed by atoms with van der Waals surface area (Å²) >= 11 is 0. The fraction of sp³-hybridized carbons (Fsp3) is 0.500. The van der Waals surface area contributed by atoms with E-state index >= 15 is 0 Å². The zero-order valence-corrected chi connectivity index (χ0v) is 16.9. The number of aliphatic carboxylic acids is 1. The van der Waals surface area contributed by atoms with E-state index in [1.165, 1.54) is 6.07 Å². The van der Waals surface area contributed by atoms with Gasteiger partial charge in [-0.15, -0.1) is 0 Å². The molecule has 0 unspecified atom stereocenters. The highest BCUT2D eigenvalue weighted by Crippen LogP contribution is 2.30. The van der Waals surface area contributed by atoms with Crippen LogP contribution in [0.3, 0.4) is 0 Å². The smallest absolute Gasteiger partial charge is 0.336 e. The molecule has 1 N–H and O–H groups in total. The van der Waals surface area contributed by atoms with Crippen molar-refractivity contribution < 1.29 is 23.8 Å². The van der Waals surface area contributed by atoms with E-state index in [1.807, 2.05) is 13.0 Å². The maximum absolute atomic E-state index is 12.5. The molecule has 0 saturated heterocycles. The van der Waals surface area contributed by atoms with Crippen LogP contribution in [0.25, 0.3) is 11.0 Å². The summed E-state index contributed by atoms with van der Waals surface area (Å²) < 4.78 is 11.2. The van der Waals surface area contributed by atoms with E-state index in [9.17, 15) is 19.5 Å². The third-order valence-electron chi connectivity index (χ3n) is 5.57. The lowest BCUT2D eigenvalue weighted by molar-refractivity contribution is -0.312. The predicted octanol–water partition coefficient (Wildman–Crippen LogP) is 1.85. The minimum Gasteiger partial charge on any atom is -0.550 e. The van der Waals surface area contributed by atoms with Crippen molar-refractivity contribution in [1.29, 1.82) is 0 Å². The number of benzene rings is 1. The van der Waals surface area contributed by atoms with E-state index in [0.717, 1.165) is 24.0 Å². The number of ether oxygens (including phenoxy) is 1. The summed E-state index contributed by atoms with van der Waals surface area (Å²) in [4.78, 5) is 35.1. The summed E-state index contributed by atoms with van der Waals surface area (Å²) in [7, 11) is 0. The van der Waals surface area contributed by atoms with Crippen molar-refractivity contribution in [1.82, 2.24) is 5.32 Å². The van der Waals surface area contributed by atoms with Crippen LogP contribution in [0.1, 0.15) is 43.7 Å². The third-order valence-corrected chi connectivity index (χ3v) is 5.57. The first-order valence-electron chi connectivity index (χ1n) is 9.95. The van der Waals surface area contributed by atoms with Crippen molar-refractivity contribution in [3.05, 3.63) is 39.7 Å². The van der Waals surface area contributed by atoms with Crippen molar-refractivity contribution in [2.75, 3.05) is 6.54 Å². The lowest BCUT2D eigenvalue weighted by Gasteiger charge is -2.29. The van der Waals surface area contributed by atoms with Crippen LogP contribution in [-0.4, -0.2) is 24.5 Å². The molecule has 2 aromatic rings. The van der Waals surface area contributed by atoms with Gasteiger partial charge in [0.2, 0.25) is 0 Å². The molecule has 1 aliphatic rings. The molecule has 1 aromatic carbocycles. The molecule has 1 heterocycles. The molecule has 7 nitrogen and oxygen atoms in total. The van der Waals surface area contributed by atoms with Gasteiger partial charge in [0.15, 0.2) is 6.10 Å². The summed E-state index contributed by atoms with van der Waals surface area (Å²) in [6, 6.07) is 4.99. The molecule has 29 heavy (non-hydrogen) atoms. The standard InChI is InChI=1S/C22H27NO6/c1-12-8-17(20-13(2)10-19(24)29-18(20)9-12)28-14(3)21(25)23-11-15-4-6-16(7-5-15)22(26)27/h8-10,14-16H,4-7,11H2,1-3H3,(H,23,25)(H,26,27)/p-1/t14-,15?,16?/m0/s1. The number of hydrogen-bond acceptors (Lipinski definition) is 6. The SMILES string of the molecule is Cc1cc(O[C@@H](C)C(=O)NCC2CCC(C(=O)[O-])CC2)c2c(C)cc(=O)oc2c1. The first-order chi connectivity index (χ1) is 13.7. The molecule has 0 radical (unpaired) electrons. The number of carbonyl (C=O) groups excluding carboxylic acids is 2. The number of fused-ring (bicyclic) bond motifs is 1. The Bertz CT molecular complexity index is 971. The van der Waals surface area contributed by atoms with E-state index in [0.29, 0.717) is 36.1 Å². The van der Waals surface area contributed by atoms with Crippen LogP contribution in [-0.2, 0) is 9.59 Å². The number of carboxylic acid groups (broad SMARTS) is 1. The molecule has 1 atom stereocenters. The molecule has 1 amide bonds. The van der Waals surface area contributed by atoms with Crippen molar-refractivity contribution >= 4 is 22.8 Å². The van der Waals surface area contributed by atoms with Gasteiger partial charge in [0.25, 0.3) is 5.91 Å². The second-order valence-electron chi connectivity index (χ2n) is 7.93. The summed E-state index contributed by atoms with van der Waals surface area (Å²) in [6.45, 7) is 5.83. The van der Waals surface area contributed by atoms with Gasteiger partial charge in [-0.05, 0) is 81.5 Å². The molecule has 3 rings (SSSR count). The minimum atomic E-state index is -0.981. The number of rotatable bonds is 6. The van der Waals surface area contributed by atoms with E-state index < -0.39 is 17.7 Å². The van der Waals surface area contributed by atoms with E-state index in [1.54, 1.807) is 19.9 Å². The Kier molecular flexibility index (Phi) is 6.25. The van der Waals surface area contributed by atoms with E-state index in [2.05, 4.69) is 5.32 Å². The molecule has 0 spiro atoms. The van der Waals surface area contributed by atoms with Gasteiger partial charge < -0.3 is 24.4 Å². The molecular weight excluding hydrogens is 374 g/mol. The molecule has 1 aliphatic carbocycles. The van der Waals surface area contributed by atoms with Gasteiger partial charge in [-0.2, -0.15) is 0 Å². The van der Waals surface area contributed by atoms with E-state index in [4.69, 9.17) is 9.15 Å². The molecule has 156 valence electrons. The van der Waals surface area contributed by atoms with Gasteiger partial charge in [0.05, 0.1) is 5.39 Å². The Balaban J connectivity index is 1.63. The highest BCUT2D eigenvalue weighted by Gasteiger charge is 2.24. The largest absolute Gasteiger partial charge is 0.550 e. The quantitative estimate of drug-likeness (QED) is 0.741. The molecule has 1 fully saturated rings. The Labute approximate surface area is 169 Å². The fourth-order valence-electron chi connectivity index (χ4n) is 3.90. The predicted molar refractivity (Wildman–Crippen MR) is 106 cm³/mol. The molecule has 0 aliphatic heterocycles. The average Bonchev–Trinajstić information content (AvgIpc) is 2.65. The van der Waals surface area contributed by atoms with Gasteiger partial charge in [-0.3, -0.25) is 4.79 Å². The number of nitrogens with one attached hydrogen (secondary N) is 1. The Morgan fingerprint density at radius 3 is 2.55 bits per heavy atom. The Morgan fingerprint density at radius 1 is 1.21 bits per heavy atom. The molecular formula is C22H26NO6-. The maximum Gasteiger partial charge on any atom is 0.336 e. The van der Waals surface area contributed by atoms with Crippen molar-refractivity contribution in [2.24, 2.45) is 11.8 Å². The van der Waals surface area contributed by atoms with Crippen LogP contribution in [0.5, 0.6) is 5.75 Å². The van der Waals surface area contributed by atoms with Crippen LogP contribution in [0, 0.1) is 25.7 Å². The zero-order valence-electron chi connectivity index (χ0n) is 16.9. The Morgan fingerprint density at radius 2 is 1.90 bits per heavy atom. The lowest BCUT2D eigenvalue weighted by atomic mass is 9.82. The van der Waals surface area contributed by atoms with Gasteiger partial charge in [-0.25, -0.2) is 4.79 Å². The monoisotopic (exact) mass is 400 g/mol. The molecule has 7 heteroatoms. The minimum absolute atomic E-state index is 0.239. The van der Waals surface area contributed by atoms with Gasteiger partial charge >= 0.3 is 5.63 Å². The highest BCUT2D eigenvalue weighted by atomic mass is 16.5. The average molecular weight is 400 g/mol. The number of aryl methyl sites for hydroxylation is 2. The fourth-order valence-corrected chi connectivity index (χ4v) is 3.90. The third kappa shape index (κ3) is 4.96. The maximum atomic E-state index is 12.5. The molecule has 1 saturated carbocycles. The summed E-state index contributed by atoms with van der Waals surface area (Å²) in [5.74, 6) is -0.832. The van der Waals surface area contributed by atoms with Gasteiger partial charge in [0, 0.05) is 18.6 Å². The summed E-state index contributed by atoms with van der Waals surface area (Å²) in [6.07, 6.45) is 1.97. The van der Waals surface area contributed by atoms with Crippen molar-refractivity contribution in [3.63, 3.8) is 0 Å². The highest BCUT2D eigenvalue weighted by molar-refractivity contribution is 5.88. The van der Waals surface area contributed by atoms with Crippen molar-refractivity contribution in [3.8, 4) is 5.75 Å². The summed E-state index contributed by atoms with van der Waals surface area (Å²) in [5, 5.41) is 14.5. The summed E-state index contributed by atoms with van der Waals surface area (Å²) in [5.41, 5.74) is 1.59. The van der Waals surface area contributed by atoms with Gasteiger partial charge in [0.1, 0.15) is 11.3 Å². The number of carboxylic acids is 1. The zero-order chi connectivity index (χ0) is 21.1. The second-order valence-corrected chi connectivity index (χ2v) is 7.93. The lowest BCUT2D eigenvalue weighted by Crippen LogP contribution is -2.40. The Hall–Kier alpha value is -2.83. The second kappa shape index (κ2) is 8.68. The van der Waals surface area contributed by atoms with Crippen LogP contribution in [0.2, 0.25) is 0 Å². The van der Waals surface area contributed by atoms with Gasteiger partial charge in [-0.1, -0.05) is 0 Å². The van der Waals surface area contributed by atoms with Crippen LogP contribution < -0.4 is 20.8 Å². The molecule has 0 bridgehead atoms. The van der Waals surface area contributed by atoms with Crippen LogP contribution in [0.15, 0.2) is 27.4 Å². The van der Waals surface area contributed by atoms with Crippen LogP contribution in [0.4, 0.5) is 0 Å². The number of amides is 1. The first kappa shape index (κ1) is 20.9.